The molecule has 0 aliphatic carbocycles. The Morgan fingerprint density at radius 1 is 1.02 bits per heavy atom. The Bertz CT molecular complexity index is 1370. The van der Waals surface area contributed by atoms with Crippen LogP contribution in [0.25, 0.3) is 11.3 Å². The van der Waals surface area contributed by atoms with Crippen LogP contribution in [-0.4, -0.2) is 46.4 Å². The SMILES string of the molecule is CC(C)(C)OC(=O)N1CCC2(CC1)CC(Cl)c1nc(-c3ccc(NC(=O)OCc4ccccc4)cc3)ccc1O2.CCC. The summed E-state index contributed by atoms with van der Waals surface area (Å²) in [5, 5.41) is 2.44. The number of halogens is 1. The predicted molar refractivity (Wildman–Crippen MR) is 169 cm³/mol. The molecule has 5 rings (SSSR count). The maximum Gasteiger partial charge on any atom is 0.411 e. The van der Waals surface area contributed by atoms with Crippen LogP contribution in [-0.2, 0) is 16.1 Å². The lowest BCUT2D eigenvalue weighted by molar-refractivity contribution is -0.0287. The number of benzene rings is 2. The molecule has 0 saturated carbocycles. The number of nitrogens with one attached hydrogen (secondary N) is 1. The fourth-order valence-corrected chi connectivity index (χ4v) is 5.40. The number of carbonyl (C=O) groups excluding carboxylic acids is 2. The Morgan fingerprint density at radius 2 is 1.67 bits per heavy atom. The van der Waals surface area contributed by atoms with Gasteiger partial charge in [0.05, 0.1) is 11.1 Å². The Morgan fingerprint density at radius 3 is 2.30 bits per heavy atom. The second-order valence-corrected chi connectivity index (χ2v) is 12.5. The van der Waals surface area contributed by atoms with Gasteiger partial charge in [-0.05, 0) is 50.6 Å². The Hall–Kier alpha value is -3.78. The maximum absolute atomic E-state index is 12.5. The summed E-state index contributed by atoms with van der Waals surface area (Å²) in [6, 6.07) is 20.7. The van der Waals surface area contributed by atoms with Gasteiger partial charge in [0.2, 0.25) is 0 Å². The van der Waals surface area contributed by atoms with E-state index in [4.69, 9.17) is 30.8 Å². The smallest absolute Gasteiger partial charge is 0.411 e. The van der Waals surface area contributed by atoms with Crippen molar-refractivity contribution >= 4 is 29.5 Å². The first-order valence-corrected chi connectivity index (χ1v) is 15.3. The number of aromatic nitrogens is 1. The molecule has 1 fully saturated rings. The minimum absolute atomic E-state index is 0.203. The van der Waals surface area contributed by atoms with E-state index in [2.05, 4.69) is 19.2 Å². The normalized spacial score (nSPS) is 17.1. The predicted octanol–water partition coefficient (Wildman–Crippen LogP) is 8.75. The molecule has 1 N–H and O–H groups in total. The second-order valence-electron chi connectivity index (χ2n) is 12.0. The van der Waals surface area contributed by atoms with Crippen molar-refractivity contribution in [2.24, 2.45) is 0 Å². The molecule has 0 radical (unpaired) electrons. The second kappa shape index (κ2) is 14.1. The van der Waals surface area contributed by atoms with Crippen LogP contribution >= 0.6 is 11.6 Å². The molecule has 3 aromatic rings. The van der Waals surface area contributed by atoms with Gasteiger partial charge in [-0.3, -0.25) is 5.32 Å². The summed E-state index contributed by atoms with van der Waals surface area (Å²) in [4.78, 5) is 31.2. The number of hydrogen-bond acceptors (Lipinski definition) is 6. The molecule has 1 aromatic heterocycles. The highest BCUT2D eigenvalue weighted by Crippen LogP contribution is 2.47. The number of fused-ring (bicyclic) bond motifs is 1. The van der Waals surface area contributed by atoms with Gasteiger partial charge in [-0.2, -0.15) is 0 Å². The van der Waals surface area contributed by atoms with Crippen molar-refractivity contribution in [2.45, 2.75) is 83.5 Å². The van der Waals surface area contributed by atoms with E-state index in [-0.39, 0.29) is 18.1 Å². The number of hydrogen-bond donors (Lipinski definition) is 1. The van der Waals surface area contributed by atoms with Crippen LogP contribution < -0.4 is 10.1 Å². The van der Waals surface area contributed by atoms with E-state index in [1.165, 1.54) is 6.42 Å². The van der Waals surface area contributed by atoms with Crippen molar-refractivity contribution < 1.29 is 23.8 Å². The molecule has 230 valence electrons. The highest BCUT2D eigenvalue weighted by atomic mass is 35.5. The first-order valence-electron chi connectivity index (χ1n) is 14.9. The van der Waals surface area contributed by atoms with Gasteiger partial charge in [-0.15, -0.1) is 11.6 Å². The molecule has 2 aromatic carbocycles. The topological polar surface area (TPSA) is 90.0 Å². The van der Waals surface area contributed by atoms with E-state index in [1.807, 2.05) is 87.5 Å². The zero-order valence-electron chi connectivity index (χ0n) is 25.7. The van der Waals surface area contributed by atoms with Gasteiger partial charge in [-0.1, -0.05) is 62.7 Å². The van der Waals surface area contributed by atoms with Crippen molar-refractivity contribution in [3.63, 3.8) is 0 Å². The number of piperidine rings is 1. The molecule has 0 bridgehead atoms. The first-order chi connectivity index (χ1) is 20.5. The van der Waals surface area contributed by atoms with Gasteiger partial charge >= 0.3 is 12.2 Å². The summed E-state index contributed by atoms with van der Waals surface area (Å²) in [5.74, 6) is 0.681. The monoisotopic (exact) mass is 607 g/mol. The number of anilines is 1. The molecule has 8 nitrogen and oxygen atoms in total. The van der Waals surface area contributed by atoms with Gasteiger partial charge in [0.1, 0.15) is 29.3 Å². The summed E-state index contributed by atoms with van der Waals surface area (Å²) >= 11 is 6.86. The summed E-state index contributed by atoms with van der Waals surface area (Å²) < 4.78 is 17.3. The highest BCUT2D eigenvalue weighted by molar-refractivity contribution is 6.21. The lowest BCUT2D eigenvalue weighted by Crippen LogP contribution is -2.52. The fraction of sp³-hybridized carbons (Fsp3) is 0.441. The Kier molecular flexibility index (Phi) is 10.6. The number of alkyl halides is 1. The third kappa shape index (κ3) is 8.86. The van der Waals surface area contributed by atoms with Gasteiger partial charge < -0.3 is 19.1 Å². The summed E-state index contributed by atoms with van der Waals surface area (Å²) in [5.41, 5.74) is 2.96. The van der Waals surface area contributed by atoms with E-state index in [0.29, 0.717) is 49.5 Å². The molecule has 2 aliphatic heterocycles. The van der Waals surface area contributed by atoms with Crippen molar-refractivity contribution in [3.05, 3.63) is 78.0 Å². The number of pyridine rings is 1. The van der Waals surface area contributed by atoms with Gasteiger partial charge in [0, 0.05) is 43.6 Å². The van der Waals surface area contributed by atoms with E-state index >= 15 is 0 Å². The molecular formula is C34H42ClN3O5. The molecular weight excluding hydrogens is 566 g/mol. The molecule has 43 heavy (non-hydrogen) atoms. The molecule has 2 amide bonds. The van der Waals surface area contributed by atoms with Gasteiger partial charge in [0.25, 0.3) is 0 Å². The third-order valence-corrected chi connectivity index (χ3v) is 7.39. The number of likely N-dealkylation sites (tertiary alicyclic amines) is 1. The molecule has 1 unspecified atom stereocenters. The molecule has 1 spiro atoms. The van der Waals surface area contributed by atoms with E-state index in [0.717, 1.165) is 16.8 Å². The number of rotatable bonds is 4. The van der Waals surface area contributed by atoms with Crippen LogP contribution in [0.4, 0.5) is 15.3 Å². The number of nitrogens with zero attached hydrogens (tertiary/aromatic N) is 2. The summed E-state index contributed by atoms with van der Waals surface area (Å²) in [6.45, 7) is 11.2. The molecule has 9 heteroatoms. The standard InChI is InChI=1S/C31H34ClN3O5.C3H8/c1-30(2,3)40-29(37)35-17-15-31(16-18-35)19-24(32)27-26(39-31)14-13-25(34-27)22-9-11-23(12-10-22)33-28(36)38-20-21-7-5-4-6-8-21;1-3-2/h4-14,24H,15-20H2,1-3H3,(H,33,36);3H2,1-2H3. The maximum atomic E-state index is 12.5. The Balaban J connectivity index is 0.00000135. The van der Waals surface area contributed by atoms with E-state index in [9.17, 15) is 9.59 Å². The van der Waals surface area contributed by atoms with Crippen molar-refractivity contribution in [3.8, 4) is 17.0 Å². The minimum Gasteiger partial charge on any atom is -0.485 e. The number of ether oxygens (including phenoxy) is 3. The minimum atomic E-state index is -0.525. The van der Waals surface area contributed by atoms with Crippen LogP contribution in [0.1, 0.15) is 76.9 Å². The molecule has 3 heterocycles. The van der Waals surface area contributed by atoms with Crippen LogP contribution in [0, 0.1) is 0 Å². The molecule has 1 atom stereocenters. The van der Waals surface area contributed by atoms with Gasteiger partial charge in [0.15, 0.2) is 0 Å². The third-order valence-electron chi connectivity index (χ3n) is 7.03. The number of carbonyl (C=O) groups is 2. The quantitative estimate of drug-likeness (QED) is 0.298. The molecule has 2 aliphatic rings. The van der Waals surface area contributed by atoms with E-state index in [1.54, 1.807) is 4.90 Å². The highest BCUT2D eigenvalue weighted by Gasteiger charge is 2.44. The lowest BCUT2D eigenvalue weighted by Gasteiger charge is -2.45. The summed E-state index contributed by atoms with van der Waals surface area (Å²) in [7, 11) is 0. The lowest BCUT2D eigenvalue weighted by atomic mass is 9.84. The van der Waals surface area contributed by atoms with Gasteiger partial charge in [-0.25, -0.2) is 14.6 Å². The van der Waals surface area contributed by atoms with E-state index < -0.39 is 17.3 Å². The number of amides is 2. The van der Waals surface area contributed by atoms with Crippen LogP contribution in [0.3, 0.4) is 0 Å². The average molecular weight is 608 g/mol. The average Bonchev–Trinajstić information content (AvgIpc) is 2.97. The molecule has 1 saturated heterocycles. The van der Waals surface area contributed by atoms with Crippen LogP contribution in [0.15, 0.2) is 66.7 Å². The van der Waals surface area contributed by atoms with Crippen LogP contribution in [0.5, 0.6) is 5.75 Å². The zero-order chi connectivity index (χ0) is 31.0. The van der Waals surface area contributed by atoms with Crippen molar-refractivity contribution in [1.29, 1.82) is 0 Å². The first kappa shape index (κ1) is 32.1. The fourth-order valence-electron chi connectivity index (χ4n) is 4.96. The van der Waals surface area contributed by atoms with Crippen molar-refractivity contribution in [1.82, 2.24) is 9.88 Å². The van der Waals surface area contributed by atoms with Crippen LogP contribution in [0.2, 0.25) is 0 Å². The Labute approximate surface area is 259 Å². The van der Waals surface area contributed by atoms with Crippen molar-refractivity contribution in [2.75, 3.05) is 18.4 Å². The summed E-state index contributed by atoms with van der Waals surface area (Å²) in [6.07, 6.45) is 2.42. The largest absolute Gasteiger partial charge is 0.485 e. The zero-order valence-corrected chi connectivity index (χ0v) is 26.4.